The molecule has 0 aliphatic carbocycles. The number of aromatic nitrogens is 3. The van der Waals surface area contributed by atoms with Gasteiger partial charge in [-0.3, -0.25) is 10.4 Å². The molecule has 3 rings (SSSR count). The van der Waals surface area contributed by atoms with E-state index in [1.165, 1.54) is 0 Å². The van der Waals surface area contributed by atoms with E-state index in [1.807, 2.05) is 23.1 Å². The third kappa shape index (κ3) is 1.86. The number of fused-ring (bicyclic) bond motifs is 1. The van der Waals surface area contributed by atoms with Crippen LogP contribution in [0.1, 0.15) is 5.56 Å². The van der Waals surface area contributed by atoms with Gasteiger partial charge in [-0.15, -0.1) is 0 Å². The van der Waals surface area contributed by atoms with E-state index in [2.05, 4.69) is 38.0 Å². The molecule has 1 unspecified atom stereocenters. The van der Waals surface area contributed by atoms with Gasteiger partial charge in [0.05, 0.1) is 13.3 Å². The van der Waals surface area contributed by atoms with E-state index in [1.54, 1.807) is 31.3 Å². The highest BCUT2D eigenvalue weighted by Crippen LogP contribution is 2.49. The van der Waals surface area contributed by atoms with Crippen molar-refractivity contribution in [2.24, 2.45) is 0 Å². The Labute approximate surface area is 116 Å². The Hall–Kier alpha value is -0.960. The number of alkyl halides is 1. The first-order valence-electron chi connectivity index (χ1n) is 4.90. The van der Waals surface area contributed by atoms with Crippen LogP contribution >= 0.6 is 34.4 Å². The largest absolute Gasteiger partial charge is 0.495 e. The Morgan fingerprint density at radius 1 is 1.53 bits per heavy atom. The SMILES string of the molecule is COc1cncc(C2(I)Nn3ccnc3S2)c1. The summed E-state index contributed by atoms with van der Waals surface area (Å²) in [6, 6.07) is 1.98. The second kappa shape index (κ2) is 4.05. The van der Waals surface area contributed by atoms with E-state index in [0.717, 1.165) is 16.5 Å². The van der Waals surface area contributed by atoms with Crippen LogP contribution in [-0.2, 0) is 2.88 Å². The van der Waals surface area contributed by atoms with Gasteiger partial charge in [-0.1, -0.05) is 0 Å². The van der Waals surface area contributed by atoms with Gasteiger partial charge in [-0.2, -0.15) is 0 Å². The Kier molecular flexibility index (Phi) is 2.66. The average Bonchev–Trinajstić information content (AvgIpc) is 2.88. The molecule has 0 radical (unpaired) electrons. The van der Waals surface area contributed by atoms with Gasteiger partial charge in [0, 0.05) is 24.2 Å². The van der Waals surface area contributed by atoms with Crippen LogP contribution in [0.15, 0.2) is 36.0 Å². The van der Waals surface area contributed by atoms with Gasteiger partial charge < -0.3 is 4.74 Å². The molecule has 2 aromatic rings. The Morgan fingerprint density at radius 2 is 2.41 bits per heavy atom. The number of thioether (sulfide) groups is 1. The molecule has 88 valence electrons. The quantitative estimate of drug-likeness (QED) is 0.506. The molecule has 3 heterocycles. The zero-order chi connectivity index (χ0) is 11.9. The smallest absolute Gasteiger partial charge is 0.190 e. The number of nitrogens with zero attached hydrogens (tertiary/aromatic N) is 3. The number of imidazole rings is 1. The van der Waals surface area contributed by atoms with E-state index in [-0.39, 0.29) is 2.88 Å². The molecule has 7 heteroatoms. The molecule has 0 saturated carbocycles. The standard InChI is InChI=1S/C10H9IN4OS/c1-16-8-4-7(5-12-6-8)10(11)14-15-3-2-13-9(15)17-10/h2-6,14H,1H3. The predicted octanol–water partition coefficient (Wildman–Crippen LogP) is 2.18. The van der Waals surface area contributed by atoms with Gasteiger partial charge in [0.1, 0.15) is 5.75 Å². The molecule has 0 spiro atoms. The van der Waals surface area contributed by atoms with Crippen LogP contribution in [-0.4, -0.2) is 21.8 Å². The van der Waals surface area contributed by atoms with E-state index in [9.17, 15) is 0 Å². The fourth-order valence-corrected chi connectivity index (χ4v) is 3.67. The van der Waals surface area contributed by atoms with Crippen LogP contribution in [0.4, 0.5) is 0 Å². The monoisotopic (exact) mass is 360 g/mol. The number of nitrogens with one attached hydrogen (secondary N) is 1. The highest BCUT2D eigenvalue weighted by molar-refractivity contribution is 14.1. The summed E-state index contributed by atoms with van der Waals surface area (Å²) in [5, 5.41) is 0.946. The second-order valence-electron chi connectivity index (χ2n) is 3.50. The molecule has 17 heavy (non-hydrogen) atoms. The van der Waals surface area contributed by atoms with Crippen molar-refractivity contribution >= 4 is 34.4 Å². The fourth-order valence-electron chi connectivity index (χ4n) is 1.58. The summed E-state index contributed by atoms with van der Waals surface area (Å²) in [4.78, 5) is 8.45. The minimum atomic E-state index is -0.289. The minimum absolute atomic E-state index is 0.289. The summed E-state index contributed by atoms with van der Waals surface area (Å²) >= 11 is 4.00. The first-order chi connectivity index (χ1) is 8.21. The van der Waals surface area contributed by atoms with Crippen molar-refractivity contribution in [1.82, 2.24) is 14.6 Å². The number of methoxy groups -OCH3 is 1. The zero-order valence-corrected chi connectivity index (χ0v) is 11.9. The van der Waals surface area contributed by atoms with E-state index >= 15 is 0 Å². The first kappa shape index (κ1) is 11.1. The summed E-state index contributed by atoms with van der Waals surface area (Å²) < 4.78 is 6.82. The van der Waals surface area contributed by atoms with Crippen LogP contribution in [0.2, 0.25) is 0 Å². The third-order valence-corrected chi connectivity index (χ3v) is 5.04. The van der Waals surface area contributed by atoms with Crippen LogP contribution in [0.3, 0.4) is 0 Å². The van der Waals surface area contributed by atoms with Gasteiger partial charge in [-0.25, -0.2) is 9.66 Å². The molecule has 0 saturated heterocycles. The van der Waals surface area contributed by atoms with E-state index in [0.29, 0.717) is 0 Å². The van der Waals surface area contributed by atoms with Crippen molar-refractivity contribution in [3.05, 3.63) is 36.4 Å². The number of halogens is 1. The molecule has 1 atom stereocenters. The zero-order valence-electron chi connectivity index (χ0n) is 8.92. The summed E-state index contributed by atoms with van der Waals surface area (Å²) in [5.41, 5.74) is 4.42. The van der Waals surface area contributed by atoms with Crippen molar-refractivity contribution in [3.63, 3.8) is 0 Å². The van der Waals surface area contributed by atoms with Gasteiger partial charge in [0.2, 0.25) is 0 Å². The minimum Gasteiger partial charge on any atom is -0.495 e. The molecule has 0 aromatic carbocycles. The maximum absolute atomic E-state index is 5.19. The Balaban J connectivity index is 1.96. The topological polar surface area (TPSA) is 52.0 Å². The summed E-state index contributed by atoms with van der Waals surface area (Å²) in [6.45, 7) is 0. The van der Waals surface area contributed by atoms with E-state index < -0.39 is 0 Å². The third-order valence-electron chi connectivity index (χ3n) is 2.42. The summed E-state index contributed by atoms with van der Waals surface area (Å²) in [7, 11) is 1.64. The fraction of sp³-hybridized carbons (Fsp3) is 0.200. The second-order valence-corrected chi connectivity index (χ2v) is 7.03. The lowest BCUT2D eigenvalue weighted by molar-refractivity contribution is 0.412. The molecular weight excluding hydrogens is 351 g/mol. The average molecular weight is 360 g/mol. The molecule has 5 nitrogen and oxygen atoms in total. The van der Waals surface area contributed by atoms with Gasteiger partial charge in [-0.05, 0) is 40.4 Å². The van der Waals surface area contributed by atoms with Crippen LogP contribution in [0.25, 0.3) is 0 Å². The lowest BCUT2D eigenvalue weighted by Gasteiger charge is -2.21. The summed E-state index contributed by atoms with van der Waals surface area (Å²) in [6.07, 6.45) is 7.20. The summed E-state index contributed by atoms with van der Waals surface area (Å²) in [5.74, 6) is 0.755. The predicted molar refractivity (Wildman–Crippen MR) is 73.9 cm³/mol. The van der Waals surface area contributed by atoms with Crippen molar-refractivity contribution in [2.75, 3.05) is 12.5 Å². The van der Waals surface area contributed by atoms with Gasteiger partial charge in [0.15, 0.2) is 8.03 Å². The number of rotatable bonds is 2. The Bertz CT molecular complexity index is 538. The molecule has 0 fully saturated rings. The molecule has 1 aliphatic rings. The number of hydrogen-bond acceptors (Lipinski definition) is 5. The molecule has 1 aliphatic heterocycles. The first-order valence-corrected chi connectivity index (χ1v) is 6.80. The van der Waals surface area contributed by atoms with Crippen molar-refractivity contribution < 1.29 is 4.74 Å². The lowest BCUT2D eigenvalue weighted by Crippen LogP contribution is -2.25. The van der Waals surface area contributed by atoms with Crippen molar-refractivity contribution in [1.29, 1.82) is 0 Å². The van der Waals surface area contributed by atoms with Crippen molar-refractivity contribution in [2.45, 2.75) is 8.03 Å². The highest BCUT2D eigenvalue weighted by atomic mass is 127. The van der Waals surface area contributed by atoms with Gasteiger partial charge >= 0.3 is 0 Å². The van der Waals surface area contributed by atoms with Crippen LogP contribution in [0.5, 0.6) is 5.75 Å². The highest BCUT2D eigenvalue weighted by Gasteiger charge is 2.38. The van der Waals surface area contributed by atoms with E-state index in [4.69, 9.17) is 4.74 Å². The molecule has 1 N–H and O–H groups in total. The number of ether oxygens (including phenoxy) is 1. The molecule has 0 bridgehead atoms. The molecule has 0 amide bonds. The normalized spacial score (nSPS) is 22.0. The maximum atomic E-state index is 5.19. The van der Waals surface area contributed by atoms with Crippen LogP contribution in [0, 0.1) is 0 Å². The van der Waals surface area contributed by atoms with Crippen molar-refractivity contribution in [3.8, 4) is 5.75 Å². The maximum Gasteiger partial charge on any atom is 0.190 e. The number of hydrogen-bond donors (Lipinski definition) is 1. The molecule has 2 aromatic heterocycles. The number of pyridine rings is 1. The van der Waals surface area contributed by atoms with Gasteiger partial charge in [0.25, 0.3) is 0 Å². The lowest BCUT2D eigenvalue weighted by atomic mass is 10.3. The Morgan fingerprint density at radius 3 is 3.18 bits per heavy atom. The van der Waals surface area contributed by atoms with Crippen LogP contribution < -0.4 is 10.2 Å². The molecular formula is C10H9IN4OS.